The van der Waals surface area contributed by atoms with Crippen molar-refractivity contribution in [2.45, 2.75) is 61.0 Å². The number of aromatic nitrogens is 4. The summed E-state index contributed by atoms with van der Waals surface area (Å²) < 4.78 is 43.9. The largest absolute Gasteiger partial charge is 0.392 e. The molecule has 1 fully saturated rings. The summed E-state index contributed by atoms with van der Waals surface area (Å²) in [5, 5.41) is 24.8. The molecule has 0 unspecified atom stereocenters. The molecule has 1 aliphatic heterocycles. The summed E-state index contributed by atoms with van der Waals surface area (Å²) in [4.78, 5) is 13.9. The molecule has 0 spiro atoms. The van der Waals surface area contributed by atoms with Crippen LogP contribution in [0.4, 0.5) is 5.69 Å². The van der Waals surface area contributed by atoms with Crippen LogP contribution in [0.5, 0.6) is 0 Å². The van der Waals surface area contributed by atoms with Crippen LogP contribution in [-0.4, -0.2) is 57.5 Å². The number of aliphatic hydroxyl groups is 1. The molecular weight excluding hydrogens is 677 g/mol. The van der Waals surface area contributed by atoms with Crippen LogP contribution in [0.3, 0.4) is 0 Å². The Bertz CT molecular complexity index is 1990. The van der Waals surface area contributed by atoms with Crippen LogP contribution in [0.15, 0.2) is 113 Å². The maximum atomic E-state index is 13.8. The zero-order valence-corrected chi connectivity index (χ0v) is 29.2. The number of hydrogen-bond donors (Lipinski definition) is 3. The Morgan fingerprint density at radius 2 is 1.72 bits per heavy atom. The summed E-state index contributed by atoms with van der Waals surface area (Å²) in [6, 6.07) is 29.4. The number of nitrogens with one attached hydrogen (secondary N) is 2. The van der Waals surface area contributed by atoms with Crippen LogP contribution in [0, 0.1) is 6.92 Å². The predicted molar refractivity (Wildman–Crippen MR) is 188 cm³/mol. The van der Waals surface area contributed by atoms with E-state index in [2.05, 4.69) is 25.6 Å². The summed E-state index contributed by atoms with van der Waals surface area (Å²) in [5.74, 6) is 0.0541. The second-order valence-electron chi connectivity index (χ2n) is 12.0. The summed E-state index contributed by atoms with van der Waals surface area (Å²) in [7, 11) is -2.23. The van der Waals surface area contributed by atoms with Crippen LogP contribution < -0.4 is 10.0 Å². The number of aliphatic hydroxyl groups excluding tert-OH is 1. The first kappa shape index (κ1) is 35.4. The Balaban J connectivity index is 1.22. The van der Waals surface area contributed by atoms with E-state index in [-0.39, 0.29) is 30.1 Å². The van der Waals surface area contributed by atoms with E-state index < -0.39 is 28.3 Å². The number of ether oxygens (including phenoxy) is 2. The van der Waals surface area contributed by atoms with Gasteiger partial charge in [0.25, 0.3) is 0 Å². The van der Waals surface area contributed by atoms with E-state index in [1.807, 2.05) is 67.6 Å². The fourth-order valence-electron chi connectivity index (χ4n) is 5.54. The summed E-state index contributed by atoms with van der Waals surface area (Å²) in [6.07, 6.45) is -0.598. The van der Waals surface area contributed by atoms with Gasteiger partial charge in [0, 0.05) is 30.5 Å². The lowest BCUT2D eigenvalue weighted by Gasteiger charge is -2.36. The number of anilines is 1. The molecule has 5 aromatic rings. The molecule has 4 atom stereocenters. The number of thioether (sulfide) groups is 1. The summed E-state index contributed by atoms with van der Waals surface area (Å²) in [6.45, 7) is 1.82. The molecular formula is C36H38N6O6S2. The Labute approximate surface area is 295 Å². The van der Waals surface area contributed by atoms with Crippen LogP contribution in [0.25, 0.3) is 0 Å². The Morgan fingerprint density at radius 1 is 0.960 bits per heavy atom. The lowest BCUT2D eigenvalue weighted by Crippen LogP contribution is -2.45. The second-order valence-corrected chi connectivity index (χ2v) is 14.7. The lowest BCUT2D eigenvalue weighted by atomic mass is 10.0. The van der Waals surface area contributed by atoms with Crippen molar-refractivity contribution in [3.63, 3.8) is 0 Å². The number of carbonyl (C=O) groups excluding carboxylic acids is 1. The molecule has 1 saturated heterocycles. The molecule has 6 rings (SSSR count). The van der Waals surface area contributed by atoms with Gasteiger partial charge < -0.3 is 19.9 Å². The standard InChI is InChI=1S/C36H38N6O6S2/c1-24-11-17-31(18-12-24)50(45,46)39-32(19-25-7-4-3-5-8-25)34(44)37-29-10-6-9-28(20-29)35-47-30(23-49-36-38-40-41-42(36)2)21-33(48-35)27-15-13-26(22-43)14-16-27/h3-18,20,30,32-33,35,39,43H,19,21-23H2,1-2H3,(H,37,44)/t30-,32+,33+,35+/m0/s1. The van der Waals surface area contributed by atoms with Gasteiger partial charge in [-0.25, -0.2) is 13.1 Å². The first-order chi connectivity index (χ1) is 24.2. The summed E-state index contributed by atoms with van der Waals surface area (Å²) in [5.41, 5.74) is 4.60. The number of carbonyl (C=O) groups is 1. The van der Waals surface area contributed by atoms with Crippen LogP contribution >= 0.6 is 11.8 Å². The maximum Gasteiger partial charge on any atom is 0.242 e. The third-order valence-electron chi connectivity index (χ3n) is 8.25. The normalized spacial score (nSPS) is 18.4. The van der Waals surface area contributed by atoms with E-state index in [9.17, 15) is 18.3 Å². The quantitative estimate of drug-likeness (QED) is 0.144. The molecule has 0 bridgehead atoms. The van der Waals surface area contributed by atoms with Gasteiger partial charge in [-0.2, -0.15) is 4.72 Å². The van der Waals surface area contributed by atoms with E-state index in [1.54, 1.807) is 42.1 Å². The third-order valence-corrected chi connectivity index (χ3v) is 10.9. The first-order valence-electron chi connectivity index (χ1n) is 16.1. The average molecular weight is 715 g/mol. The minimum atomic E-state index is -4.01. The molecule has 14 heteroatoms. The highest BCUT2D eigenvalue weighted by atomic mass is 32.2. The Hall–Kier alpha value is -4.44. The highest BCUT2D eigenvalue weighted by Crippen LogP contribution is 2.39. The number of amides is 1. The summed E-state index contributed by atoms with van der Waals surface area (Å²) >= 11 is 1.48. The molecule has 0 saturated carbocycles. The molecule has 260 valence electrons. The second kappa shape index (κ2) is 16.1. The van der Waals surface area contributed by atoms with Gasteiger partial charge in [-0.1, -0.05) is 96.2 Å². The zero-order chi connectivity index (χ0) is 35.1. The topological polar surface area (TPSA) is 158 Å². The predicted octanol–water partition coefficient (Wildman–Crippen LogP) is 4.88. The van der Waals surface area contributed by atoms with Gasteiger partial charge in [0.2, 0.25) is 21.1 Å². The van der Waals surface area contributed by atoms with Crippen LogP contribution in [-0.2, 0) is 44.4 Å². The number of hydrogen-bond acceptors (Lipinski definition) is 10. The number of aryl methyl sites for hydroxylation is 2. The van der Waals surface area contributed by atoms with Gasteiger partial charge in [0.05, 0.1) is 23.7 Å². The molecule has 12 nitrogen and oxygen atoms in total. The van der Waals surface area contributed by atoms with Crippen molar-refractivity contribution in [3.8, 4) is 0 Å². The van der Waals surface area contributed by atoms with Gasteiger partial charge in [-0.3, -0.25) is 4.79 Å². The molecule has 4 aromatic carbocycles. The lowest BCUT2D eigenvalue weighted by molar-refractivity contribution is -0.245. The number of benzene rings is 4. The van der Waals surface area contributed by atoms with Gasteiger partial charge in [0.1, 0.15) is 6.04 Å². The molecule has 1 aliphatic rings. The Kier molecular flexibility index (Phi) is 11.4. The van der Waals surface area contributed by atoms with Crippen molar-refractivity contribution in [2.24, 2.45) is 7.05 Å². The monoisotopic (exact) mass is 714 g/mol. The number of sulfonamides is 1. The van der Waals surface area contributed by atoms with E-state index in [0.717, 1.165) is 22.3 Å². The van der Waals surface area contributed by atoms with Crippen molar-refractivity contribution >= 4 is 33.4 Å². The molecule has 0 aliphatic carbocycles. The van der Waals surface area contributed by atoms with Gasteiger partial charge >= 0.3 is 0 Å². The van der Waals surface area contributed by atoms with Gasteiger partial charge in [-0.15, -0.1) is 5.10 Å². The minimum Gasteiger partial charge on any atom is -0.392 e. The highest BCUT2D eigenvalue weighted by Gasteiger charge is 2.33. The van der Waals surface area contributed by atoms with E-state index in [4.69, 9.17) is 9.47 Å². The fourth-order valence-corrected chi connectivity index (χ4v) is 7.60. The SMILES string of the molecule is Cc1ccc(S(=O)(=O)N[C@H](Cc2ccccc2)C(=O)Nc2cccc([C@@H]3O[C@H](CSc4nnnn4C)C[C@H](c4ccc(CO)cc4)O3)c2)cc1. The molecule has 1 aromatic heterocycles. The third kappa shape index (κ3) is 9.01. The molecule has 50 heavy (non-hydrogen) atoms. The fraction of sp³-hybridized carbons (Fsp3) is 0.278. The van der Waals surface area contributed by atoms with E-state index >= 15 is 0 Å². The zero-order valence-electron chi connectivity index (χ0n) is 27.5. The average Bonchev–Trinajstić information content (AvgIpc) is 3.55. The molecule has 2 heterocycles. The van der Waals surface area contributed by atoms with Crippen molar-refractivity contribution in [2.75, 3.05) is 11.1 Å². The van der Waals surface area contributed by atoms with Gasteiger partial charge in [0.15, 0.2) is 6.29 Å². The maximum absolute atomic E-state index is 13.8. The molecule has 1 amide bonds. The van der Waals surface area contributed by atoms with Crippen molar-refractivity contribution in [1.29, 1.82) is 0 Å². The van der Waals surface area contributed by atoms with Crippen molar-refractivity contribution < 1.29 is 27.8 Å². The first-order valence-corrected chi connectivity index (χ1v) is 18.5. The van der Waals surface area contributed by atoms with E-state index in [1.165, 1.54) is 23.9 Å². The smallest absolute Gasteiger partial charge is 0.242 e. The number of rotatable bonds is 13. The van der Waals surface area contributed by atoms with Crippen LogP contribution in [0.1, 0.15) is 46.6 Å². The molecule has 3 N–H and O–H groups in total. The van der Waals surface area contributed by atoms with Crippen molar-refractivity contribution in [3.05, 3.63) is 131 Å². The van der Waals surface area contributed by atoms with Gasteiger partial charge in [-0.05, 0) is 64.7 Å². The number of tetrazole rings is 1. The van der Waals surface area contributed by atoms with Crippen LogP contribution in [0.2, 0.25) is 0 Å². The Morgan fingerprint density at radius 3 is 2.42 bits per heavy atom. The highest BCUT2D eigenvalue weighted by molar-refractivity contribution is 7.99. The van der Waals surface area contributed by atoms with Crippen molar-refractivity contribution in [1.82, 2.24) is 24.9 Å². The minimum absolute atomic E-state index is 0.0549. The van der Waals surface area contributed by atoms with E-state index in [0.29, 0.717) is 28.6 Å². The number of nitrogens with zero attached hydrogens (tertiary/aromatic N) is 4. The molecule has 0 radical (unpaired) electrons.